The van der Waals surface area contributed by atoms with Crippen molar-refractivity contribution in [2.24, 2.45) is 5.92 Å². The van der Waals surface area contributed by atoms with E-state index in [-0.39, 0.29) is 5.91 Å². The van der Waals surface area contributed by atoms with E-state index in [4.69, 9.17) is 0 Å². The number of nitrogens with zero attached hydrogens (tertiary/aromatic N) is 1. The third kappa shape index (κ3) is 2.70. The van der Waals surface area contributed by atoms with Crippen molar-refractivity contribution in [1.29, 1.82) is 0 Å². The van der Waals surface area contributed by atoms with Crippen LogP contribution in [-0.4, -0.2) is 30.2 Å². The zero-order chi connectivity index (χ0) is 8.85. The van der Waals surface area contributed by atoms with Crippen molar-refractivity contribution in [2.45, 2.75) is 20.8 Å². The van der Waals surface area contributed by atoms with Crippen LogP contribution in [0.3, 0.4) is 0 Å². The number of hydrogen-bond donors (Lipinski definition) is 0. The summed E-state index contributed by atoms with van der Waals surface area (Å²) in [6.45, 7) is 6.77. The summed E-state index contributed by atoms with van der Waals surface area (Å²) in [6.07, 6.45) is 0.681. The molecular weight excluding hydrogens is 142 g/mol. The average Bonchev–Trinajstić information content (AvgIpc) is 2.05. The van der Waals surface area contributed by atoms with Gasteiger partial charge in [-0.3, -0.25) is 4.79 Å². The van der Waals surface area contributed by atoms with Crippen LogP contribution < -0.4 is 0 Å². The monoisotopic (exact) mass is 157 g/mol. The lowest BCUT2D eigenvalue weighted by molar-refractivity contribution is -0.136. The molecule has 1 amide bonds. The molecule has 0 aromatic carbocycles. The highest BCUT2D eigenvalue weighted by molar-refractivity contribution is 5.91. The zero-order valence-corrected chi connectivity index (χ0v) is 7.33. The minimum absolute atomic E-state index is 0.0787. The SMILES string of the molecule is CCN(CC)C(=O)[C@H](C)C=O. The lowest BCUT2D eigenvalue weighted by Crippen LogP contribution is -2.35. The Morgan fingerprint density at radius 2 is 1.91 bits per heavy atom. The van der Waals surface area contributed by atoms with E-state index < -0.39 is 5.92 Å². The van der Waals surface area contributed by atoms with Gasteiger partial charge in [0.15, 0.2) is 0 Å². The Morgan fingerprint density at radius 1 is 1.45 bits per heavy atom. The Balaban J connectivity index is 4.08. The maximum absolute atomic E-state index is 11.2. The van der Waals surface area contributed by atoms with Gasteiger partial charge < -0.3 is 9.69 Å². The van der Waals surface area contributed by atoms with Crippen molar-refractivity contribution in [3.8, 4) is 0 Å². The fraction of sp³-hybridized carbons (Fsp3) is 0.750. The zero-order valence-electron chi connectivity index (χ0n) is 7.33. The first-order valence-corrected chi connectivity index (χ1v) is 3.91. The number of rotatable bonds is 4. The molecule has 3 nitrogen and oxygen atoms in total. The van der Waals surface area contributed by atoms with Crippen molar-refractivity contribution < 1.29 is 9.59 Å². The van der Waals surface area contributed by atoms with Gasteiger partial charge in [-0.15, -0.1) is 0 Å². The van der Waals surface area contributed by atoms with Crippen LogP contribution in [0.5, 0.6) is 0 Å². The molecule has 3 heteroatoms. The van der Waals surface area contributed by atoms with Crippen LogP contribution in [0.15, 0.2) is 0 Å². The molecule has 0 N–H and O–H groups in total. The molecule has 11 heavy (non-hydrogen) atoms. The normalized spacial score (nSPS) is 12.3. The van der Waals surface area contributed by atoms with Crippen molar-refractivity contribution in [3.63, 3.8) is 0 Å². The van der Waals surface area contributed by atoms with Crippen molar-refractivity contribution in [1.82, 2.24) is 4.90 Å². The van der Waals surface area contributed by atoms with Gasteiger partial charge in [-0.2, -0.15) is 0 Å². The lowest BCUT2D eigenvalue weighted by atomic mass is 10.2. The molecule has 0 spiro atoms. The molecule has 0 radical (unpaired) electrons. The minimum Gasteiger partial charge on any atom is -0.343 e. The van der Waals surface area contributed by atoms with Gasteiger partial charge in [0.2, 0.25) is 5.91 Å². The topological polar surface area (TPSA) is 37.4 Å². The Hall–Kier alpha value is -0.860. The van der Waals surface area contributed by atoms with Gasteiger partial charge in [-0.1, -0.05) is 0 Å². The van der Waals surface area contributed by atoms with Gasteiger partial charge in [0.1, 0.15) is 6.29 Å². The summed E-state index contributed by atoms with van der Waals surface area (Å²) in [4.78, 5) is 23.1. The molecule has 0 unspecified atom stereocenters. The summed E-state index contributed by atoms with van der Waals surface area (Å²) in [5.41, 5.74) is 0. The van der Waals surface area contributed by atoms with Crippen molar-refractivity contribution >= 4 is 12.2 Å². The van der Waals surface area contributed by atoms with E-state index in [1.165, 1.54) is 0 Å². The molecule has 0 fully saturated rings. The van der Waals surface area contributed by atoms with Crippen LogP contribution in [0.4, 0.5) is 0 Å². The summed E-state index contributed by atoms with van der Waals surface area (Å²) in [6, 6.07) is 0. The number of hydrogen-bond acceptors (Lipinski definition) is 2. The summed E-state index contributed by atoms with van der Waals surface area (Å²) >= 11 is 0. The molecule has 0 aliphatic carbocycles. The number of amides is 1. The molecular formula is C8H15NO2. The molecule has 0 aliphatic heterocycles. The first-order valence-electron chi connectivity index (χ1n) is 3.91. The summed E-state index contributed by atoms with van der Waals surface area (Å²) < 4.78 is 0. The second-order valence-corrected chi connectivity index (χ2v) is 2.44. The molecule has 64 valence electrons. The molecule has 0 aliphatic rings. The molecule has 0 heterocycles. The summed E-state index contributed by atoms with van der Waals surface area (Å²) in [7, 11) is 0. The molecule has 0 rings (SSSR count). The lowest BCUT2D eigenvalue weighted by Gasteiger charge is -2.19. The number of aldehydes is 1. The minimum atomic E-state index is -0.491. The summed E-state index contributed by atoms with van der Waals surface area (Å²) in [5, 5.41) is 0. The van der Waals surface area contributed by atoms with E-state index >= 15 is 0 Å². The molecule has 1 atom stereocenters. The highest BCUT2D eigenvalue weighted by atomic mass is 16.2. The smallest absolute Gasteiger partial charge is 0.232 e. The van der Waals surface area contributed by atoms with Crippen molar-refractivity contribution in [3.05, 3.63) is 0 Å². The predicted octanol–water partition coefficient (Wildman–Crippen LogP) is 0.690. The Kier molecular flexibility index (Phi) is 4.50. The number of carbonyl (C=O) groups excluding carboxylic acids is 2. The van der Waals surface area contributed by atoms with Crippen LogP contribution in [0.1, 0.15) is 20.8 Å². The highest BCUT2D eigenvalue weighted by Crippen LogP contribution is 1.98. The largest absolute Gasteiger partial charge is 0.343 e. The fourth-order valence-corrected chi connectivity index (χ4v) is 0.881. The van der Waals surface area contributed by atoms with E-state index in [1.54, 1.807) is 11.8 Å². The predicted molar refractivity (Wildman–Crippen MR) is 43.2 cm³/mol. The molecule has 0 bridgehead atoms. The van der Waals surface area contributed by atoms with Gasteiger partial charge in [0.05, 0.1) is 5.92 Å². The van der Waals surface area contributed by atoms with Gasteiger partial charge in [0, 0.05) is 13.1 Å². The average molecular weight is 157 g/mol. The van der Waals surface area contributed by atoms with E-state index in [1.807, 2.05) is 13.8 Å². The molecule has 0 aromatic heterocycles. The second-order valence-electron chi connectivity index (χ2n) is 2.44. The van der Waals surface area contributed by atoms with E-state index in [9.17, 15) is 9.59 Å². The Morgan fingerprint density at radius 3 is 2.18 bits per heavy atom. The molecule has 0 saturated carbocycles. The van der Waals surface area contributed by atoms with Gasteiger partial charge >= 0.3 is 0 Å². The quantitative estimate of drug-likeness (QED) is 0.444. The van der Waals surface area contributed by atoms with E-state index in [0.717, 1.165) is 0 Å². The standard InChI is InChI=1S/C8H15NO2/c1-4-9(5-2)8(11)7(3)6-10/h6-7H,4-5H2,1-3H3/t7-/m1/s1. The van der Waals surface area contributed by atoms with E-state index in [0.29, 0.717) is 19.4 Å². The Bertz CT molecular complexity index is 141. The molecule has 0 aromatic rings. The fourth-order valence-electron chi connectivity index (χ4n) is 0.881. The highest BCUT2D eigenvalue weighted by Gasteiger charge is 2.16. The van der Waals surface area contributed by atoms with Crippen LogP contribution in [-0.2, 0) is 9.59 Å². The maximum Gasteiger partial charge on any atom is 0.232 e. The Labute approximate surface area is 67.4 Å². The van der Waals surface area contributed by atoms with E-state index in [2.05, 4.69) is 0 Å². The van der Waals surface area contributed by atoms with Gasteiger partial charge in [-0.25, -0.2) is 0 Å². The van der Waals surface area contributed by atoms with Gasteiger partial charge in [0.25, 0.3) is 0 Å². The van der Waals surface area contributed by atoms with Crippen molar-refractivity contribution in [2.75, 3.05) is 13.1 Å². The van der Waals surface area contributed by atoms with Gasteiger partial charge in [-0.05, 0) is 20.8 Å². The summed E-state index contributed by atoms with van der Waals surface area (Å²) in [5.74, 6) is -0.570. The number of carbonyl (C=O) groups is 2. The third-order valence-corrected chi connectivity index (χ3v) is 1.67. The first-order chi connectivity index (χ1) is 5.17. The van der Waals surface area contributed by atoms with Crippen LogP contribution in [0.25, 0.3) is 0 Å². The molecule has 0 saturated heterocycles. The van der Waals surface area contributed by atoms with Crippen LogP contribution in [0.2, 0.25) is 0 Å². The maximum atomic E-state index is 11.2. The third-order valence-electron chi connectivity index (χ3n) is 1.67. The van der Waals surface area contributed by atoms with Crippen LogP contribution in [0, 0.1) is 5.92 Å². The second kappa shape index (κ2) is 4.88. The van der Waals surface area contributed by atoms with Crippen LogP contribution >= 0.6 is 0 Å². The first kappa shape index (κ1) is 10.1.